The zero-order valence-corrected chi connectivity index (χ0v) is 48.4. The van der Waals surface area contributed by atoms with Gasteiger partial charge in [-0.25, -0.2) is 14.4 Å². The Morgan fingerprint density at radius 1 is 0.778 bits per heavy atom. The third kappa shape index (κ3) is 14.8. The van der Waals surface area contributed by atoms with Gasteiger partial charge in [0.1, 0.15) is 35.6 Å². The van der Waals surface area contributed by atoms with Gasteiger partial charge in [-0.3, -0.25) is 19.2 Å². The van der Waals surface area contributed by atoms with Crippen molar-refractivity contribution < 1.29 is 72.2 Å². The number of hydrogen-bond acceptors (Lipinski definition) is 15. The number of hydrogen-bond donors (Lipinski definition) is 3. The van der Waals surface area contributed by atoms with Crippen molar-refractivity contribution >= 4 is 41.5 Å². The number of carbonyl (C=O) groups is 7. The summed E-state index contributed by atoms with van der Waals surface area (Å²) in [6.07, 6.45) is 20.7. The Bertz CT molecular complexity index is 2720. The van der Waals surface area contributed by atoms with Gasteiger partial charge in [-0.1, -0.05) is 149 Å². The highest BCUT2D eigenvalue weighted by atomic mass is 16.6. The molecule has 1 amide bonds. The number of aliphatic hydroxyl groups excluding tert-OH is 1. The predicted molar refractivity (Wildman–Crippen MR) is 304 cm³/mol. The highest BCUT2D eigenvalue weighted by molar-refractivity contribution is 6.40. The van der Waals surface area contributed by atoms with Gasteiger partial charge in [0.05, 0.1) is 29.5 Å². The van der Waals surface area contributed by atoms with Crippen molar-refractivity contribution in [1.29, 1.82) is 0 Å². The predicted octanol–water partition coefficient (Wildman–Crippen LogP) is 10.4. The lowest BCUT2D eigenvalue weighted by atomic mass is 9.42. The SMILES string of the molecule is CCC=CCC=CCC=CCC=CCC=CCC=CCCC(=O)OC1CC2OCC2(OC(C)=O)C2C(OC(=O)c3ccccc3)C3(O)CC(OC(=O)C(O)C(NC(=O)OC(C)(C)C)c4ccccc4)C(C)C(C(=O)C(=O)C12C)C3(C)C. The normalized spacial score (nSPS) is 28.9. The third-order valence-electron chi connectivity index (χ3n) is 16.2. The molecule has 16 nitrogen and oxygen atoms in total. The van der Waals surface area contributed by atoms with Gasteiger partial charge in [0.2, 0.25) is 11.6 Å². The Labute approximate surface area is 477 Å². The molecule has 2 bridgehead atoms. The number of benzene rings is 2. The van der Waals surface area contributed by atoms with E-state index in [1.54, 1.807) is 90.1 Å². The molecule has 1 heterocycles. The van der Waals surface area contributed by atoms with Gasteiger partial charge < -0.3 is 44.0 Å². The van der Waals surface area contributed by atoms with Crippen molar-refractivity contribution in [2.75, 3.05) is 6.61 Å². The quantitative estimate of drug-likeness (QED) is 0.0407. The first-order chi connectivity index (χ1) is 38.4. The number of fused-ring (bicyclic) bond motifs is 5. The lowest BCUT2D eigenvalue weighted by molar-refractivity contribution is -0.350. The van der Waals surface area contributed by atoms with E-state index in [0.717, 1.165) is 39.0 Å². The molecule has 4 fully saturated rings. The van der Waals surface area contributed by atoms with Crippen LogP contribution in [0.1, 0.15) is 148 Å². The molecule has 2 aromatic rings. The highest BCUT2D eigenvalue weighted by Crippen LogP contribution is 2.65. The van der Waals surface area contributed by atoms with Crippen LogP contribution in [0.25, 0.3) is 0 Å². The largest absolute Gasteiger partial charge is 0.461 e. The third-order valence-corrected chi connectivity index (χ3v) is 16.2. The number of nitrogens with one attached hydrogen (secondary N) is 1. The molecule has 0 aromatic heterocycles. The van der Waals surface area contributed by atoms with Crippen molar-refractivity contribution in [3.05, 3.63) is 145 Å². The van der Waals surface area contributed by atoms with Crippen LogP contribution in [0, 0.1) is 28.6 Å². The van der Waals surface area contributed by atoms with E-state index in [9.17, 15) is 34.2 Å². The maximum Gasteiger partial charge on any atom is 0.408 e. The summed E-state index contributed by atoms with van der Waals surface area (Å²) >= 11 is 0. The molecule has 2 aromatic carbocycles. The monoisotopic (exact) mass is 1120 g/mol. The minimum Gasteiger partial charge on any atom is -0.461 e. The molecule has 1 aliphatic heterocycles. The van der Waals surface area contributed by atoms with E-state index < -0.39 is 130 Å². The Kier molecular flexibility index (Phi) is 21.8. The van der Waals surface area contributed by atoms with Crippen LogP contribution in [0.2, 0.25) is 0 Å². The standard InChI is InChI=1S/C65H83NO15/c1-10-11-12-13-14-15-16-17-18-19-20-21-22-23-24-25-26-27-34-39-50(68)78-48-40-49-64(42-76-49,80-44(3)67)55-57(79-58(72)46-37-32-29-33-38-46)65(75)41-47(43(2)51(62(65,7)8)53(69)56(71)63(48,55)9)77-59(73)54(70)52(45-35-30-28-31-36-45)66-60(74)81-61(4,5)6/h11-12,14-15,17-18,20-21,23-24,26-33,35-38,43,47-49,51-52,54-55,57,70,75H,10,13,16,19,22,25,34,39-42H2,1-9H3,(H,66,74). The van der Waals surface area contributed by atoms with E-state index in [0.29, 0.717) is 12.0 Å². The van der Waals surface area contributed by atoms with Crippen LogP contribution >= 0.6 is 0 Å². The number of carbonyl (C=O) groups excluding carboxylic acids is 7. The van der Waals surface area contributed by atoms with E-state index in [1.807, 2.05) is 18.2 Å². The molecule has 16 heteroatoms. The van der Waals surface area contributed by atoms with Crippen molar-refractivity contribution in [2.24, 2.45) is 28.6 Å². The Hall–Kier alpha value is -6.75. The van der Waals surface area contributed by atoms with E-state index >= 15 is 9.59 Å². The van der Waals surface area contributed by atoms with Gasteiger partial charge in [0.15, 0.2) is 11.7 Å². The summed E-state index contributed by atoms with van der Waals surface area (Å²) in [7, 11) is 0. The molecule has 81 heavy (non-hydrogen) atoms. The van der Waals surface area contributed by atoms with Crippen LogP contribution in [0.3, 0.4) is 0 Å². The van der Waals surface area contributed by atoms with Crippen LogP contribution in [-0.4, -0.2) is 106 Å². The van der Waals surface area contributed by atoms with E-state index in [1.165, 1.54) is 19.1 Å². The fourth-order valence-electron chi connectivity index (χ4n) is 12.1. The molecule has 438 valence electrons. The van der Waals surface area contributed by atoms with Crippen LogP contribution < -0.4 is 5.32 Å². The van der Waals surface area contributed by atoms with Crippen molar-refractivity contribution in [1.82, 2.24) is 5.32 Å². The van der Waals surface area contributed by atoms with Crippen molar-refractivity contribution in [2.45, 2.75) is 180 Å². The molecular formula is C65H83NO15. The van der Waals surface area contributed by atoms with Gasteiger partial charge >= 0.3 is 30.0 Å². The maximum atomic E-state index is 15.7. The second kappa shape index (κ2) is 27.8. The molecule has 3 saturated carbocycles. The first kappa shape index (κ1) is 63.4. The van der Waals surface area contributed by atoms with Gasteiger partial charge in [0.25, 0.3) is 0 Å². The first-order valence-electron chi connectivity index (χ1n) is 28.3. The summed E-state index contributed by atoms with van der Waals surface area (Å²) in [4.78, 5) is 101. The Morgan fingerprint density at radius 2 is 1.32 bits per heavy atom. The number of ether oxygens (including phenoxy) is 6. The van der Waals surface area contributed by atoms with Gasteiger partial charge in [-0.15, -0.1) is 0 Å². The zero-order chi connectivity index (χ0) is 59.2. The Morgan fingerprint density at radius 3 is 1.84 bits per heavy atom. The first-order valence-corrected chi connectivity index (χ1v) is 28.3. The number of aliphatic hydroxyl groups is 2. The lowest BCUT2D eigenvalue weighted by Gasteiger charge is -2.68. The minimum absolute atomic E-state index is 0.0532. The number of alkyl carbamates (subject to hydrolysis) is 1. The van der Waals surface area contributed by atoms with Crippen LogP contribution in [-0.2, 0) is 52.4 Å². The molecule has 12 unspecified atom stereocenters. The van der Waals surface area contributed by atoms with Crippen LogP contribution in [0.15, 0.2) is 134 Å². The summed E-state index contributed by atoms with van der Waals surface area (Å²) in [6, 6.07) is 14.6. The summed E-state index contributed by atoms with van der Waals surface area (Å²) < 4.78 is 36.7. The molecule has 0 spiro atoms. The number of Topliss-reactive ketones (excluding diaryl/α,β-unsaturated/α-hetero) is 2. The van der Waals surface area contributed by atoms with E-state index in [2.05, 4.69) is 66.9 Å². The molecule has 6 rings (SSSR count). The molecule has 12 atom stereocenters. The molecule has 1 saturated heterocycles. The lowest BCUT2D eigenvalue weighted by Crippen LogP contribution is -2.83. The van der Waals surface area contributed by atoms with Gasteiger partial charge in [-0.2, -0.15) is 0 Å². The zero-order valence-electron chi connectivity index (χ0n) is 48.4. The summed E-state index contributed by atoms with van der Waals surface area (Å²) in [6.45, 7) is 14.0. The molecule has 4 aliphatic rings. The summed E-state index contributed by atoms with van der Waals surface area (Å²) in [5.41, 5.74) is -8.68. The Balaban J connectivity index is 1.28. The van der Waals surface area contributed by atoms with Crippen molar-refractivity contribution in [3.63, 3.8) is 0 Å². The van der Waals surface area contributed by atoms with E-state index in [4.69, 9.17) is 28.4 Å². The number of amides is 1. The fraction of sp³-hybridized carbons (Fsp3) is 0.523. The second-order valence-electron chi connectivity index (χ2n) is 23.3. The number of allylic oxidation sites excluding steroid dienone is 12. The highest BCUT2D eigenvalue weighted by Gasteiger charge is 2.80. The molecule has 3 N–H and O–H groups in total. The topological polar surface area (TPSA) is 227 Å². The second-order valence-corrected chi connectivity index (χ2v) is 23.3. The fourth-order valence-corrected chi connectivity index (χ4v) is 12.1. The van der Waals surface area contributed by atoms with E-state index in [-0.39, 0.29) is 31.4 Å². The van der Waals surface area contributed by atoms with Gasteiger partial charge in [-0.05, 0) is 90.3 Å². The average Bonchev–Trinajstić information content (AvgIpc) is 1.08. The average molecular weight is 1120 g/mol. The minimum atomic E-state index is -2.43. The van der Waals surface area contributed by atoms with Crippen LogP contribution in [0.5, 0.6) is 0 Å². The number of esters is 4. The van der Waals surface area contributed by atoms with Crippen LogP contribution in [0.4, 0.5) is 4.79 Å². The van der Waals surface area contributed by atoms with Gasteiger partial charge in [0, 0.05) is 43.4 Å². The molecular weight excluding hydrogens is 1030 g/mol. The molecule has 3 aliphatic carbocycles. The maximum absolute atomic E-state index is 15.7. The van der Waals surface area contributed by atoms with Crippen molar-refractivity contribution in [3.8, 4) is 0 Å². The summed E-state index contributed by atoms with van der Waals surface area (Å²) in [5, 5.41) is 28.3. The molecule has 0 radical (unpaired) electrons. The summed E-state index contributed by atoms with van der Waals surface area (Å²) in [5.74, 6) is -9.92. The number of rotatable bonds is 23. The smallest absolute Gasteiger partial charge is 0.408 e. The number of ketones is 2.